The molecule has 5 nitrogen and oxygen atoms in total. The highest BCUT2D eigenvalue weighted by Crippen LogP contribution is 2.30. The number of sulfonamides is 1. The number of carbonyl (C=O) groups excluding carboxylic acids is 1. The molecule has 1 aliphatic heterocycles. The SMILES string of the molecule is CC1CCCC(C)C1NC(=O)C1CCCN(S(=O)(=O)c2ccccc2)C1. The van der Waals surface area contributed by atoms with Gasteiger partial charge in [-0.1, -0.05) is 38.5 Å². The topological polar surface area (TPSA) is 66.5 Å². The van der Waals surface area contributed by atoms with Gasteiger partial charge in [-0.2, -0.15) is 4.31 Å². The number of benzene rings is 1. The van der Waals surface area contributed by atoms with Gasteiger partial charge in [0, 0.05) is 19.1 Å². The van der Waals surface area contributed by atoms with Crippen LogP contribution in [0.5, 0.6) is 0 Å². The summed E-state index contributed by atoms with van der Waals surface area (Å²) < 4.78 is 27.2. The molecule has 144 valence electrons. The lowest BCUT2D eigenvalue weighted by Gasteiger charge is -2.37. The Balaban J connectivity index is 1.67. The molecule has 1 N–H and O–H groups in total. The fourth-order valence-electron chi connectivity index (χ4n) is 4.36. The molecule has 2 aliphatic rings. The number of carbonyl (C=O) groups is 1. The molecular weight excluding hydrogens is 348 g/mol. The van der Waals surface area contributed by atoms with E-state index in [-0.39, 0.29) is 24.4 Å². The van der Waals surface area contributed by atoms with Gasteiger partial charge in [0.05, 0.1) is 10.8 Å². The smallest absolute Gasteiger partial charge is 0.243 e. The highest BCUT2D eigenvalue weighted by atomic mass is 32.2. The van der Waals surface area contributed by atoms with Gasteiger partial charge in [0.25, 0.3) is 0 Å². The van der Waals surface area contributed by atoms with Crippen LogP contribution in [0.1, 0.15) is 46.0 Å². The third kappa shape index (κ3) is 4.12. The van der Waals surface area contributed by atoms with E-state index in [1.165, 1.54) is 10.7 Å². The lowest BCUT2D eigenvalue weighted by Crippen LogP contribution is -2.51. The molecule has 1 heterocycles. The lowest BCUT2D eigenvalue weighted by molar-refractivity contribution is -0.127. The molecule has 1 amide bonds. The van der Waals surface area contributed by atoms with Gasteiger partial charge in [0.15, 0.2) is 0 Å². The molecule has 3 unspecified atom stereocenters. The second-order valence-corrected chi connectivity index (χ2v) is 9.87. The van der Waals surface area contributed by atoms with Gasteiger partial charge in [0.1, 0.15) is 0 Å². The number of rotatable bonds is 4. The van der Waals surface area contributed by atoms with Gasteiger partial charge in [-0.3, -0.25) is 4.79 Å². The highest BCUT2D eigenvalue weighted by molar-refractivity contribution is 7.89. The van der Waals surface area contributed by atoms with E-state index < -0.39 is 10.0 Å². The van der Waals surface area contributed by atoms with Crippen LogP contribution in [0.25, 0.3) is 0 Å². The number of nitrogens with one attached hydrogen (secondary N) is 1. The average molecular weight is 379 g/mol. The second-order valence-electron chi connectivity index (χ2n) is 7.94. The minimum atomic E-state index is -3.53. The number of piperidine rings is 1. The van der Waals surface area contributed by atoms with E-state index in [4.69, 9.17) is 0 Å². The predicted molar refractivity (Wildman–Crippen MR) is 102 cm³/mol. The quantitative estimate of drug-likeness (QED) is 0.876. The maximum Gasteiger partial charge on any atom is 0.243 e. The van der Waals surface area contributed by atoms with Gasteiger partial charge in [-0.25, -0.2) is 8.42 Å². The van der Waals surface area contributed by atoms with E-state index in [0.717, 1.165) is 25.7 Å². The Morgan fingerprint density at radius 1 is 1.04 bits per heavy atom. The summed E-state index contributed by atoms with van der Waals surface area (Å²) in [5.74, 6) is 0.720. The molecule has 1 saturated heterocycles. The fraction of sp³-hybridized carbons (Fsp3) is 0.650. The van der Waals surface area contributed by atoms with Crippen molar-refractivity contribution in [2.75, 3.05) is 13.1 Å². The van der Waals surface area contributed by atoms with Crippen LogP contribution >= 0.6 is 0 Å². The zero-order valence-corrected chi connectivity index (χ0v) is 16.5. The largest absolute Gasteiger partial charge is 0.353 e. The lowest BCUT2D eigenvalue weighted by atomic mass is 9.78. The first-order valence-electron chi connectivity index (χ1n) is 9.75. The average Bonchev–Trinajstić information content (AvgIpc) is 2.65. The van der Waals surface area contributed by atoms with Crippen molar-refractivity contribution in [3.05, 3.63) is 30.3 Å². The van der Waals surface area contributed by atoms with Crippen LogP contribution in [0, 0.1) is 17.8 Å². The van der Waals surface area contributed by atoms with Crippen molar-refractivity contribution in [2.24, 2.45) is 17.8 Å². The Bertz CT molecular complexity index is 710. The molecule has 2 fully saturated rings. The van der Waals surface area contributed by atoms with Crippen LogP contribution in [0.3, 0.4) is 0 Å². The van der Waals surface area contributed by atoms with Crippen LogP contribution in [-0.2, 0) is 14.8 Å². The Morgan fingerprint density at radius 3 is 2.35 bits per heavy atom. The first kappa shape index (κ1) is 19.4. The van der Waals surface area contributed by atoms with Crippen molar-refractivity contribution in [1.29, 1.82) is 0 Å². The summed E-state index contributed by atoms with van der Waals surface area (Å²) in [5, 5.41) is 3.24. The van der Waals surface area contributed by atoms with Crippen molar-refractivity contribution >= 4 is 15.9 Å². The molecule has 0 radical (unpaired) electrons. The molecule has 0 aromatic heterocycles. The molecule has 26 heavy (non-hydrogen) atoms. The maximum absolute atomic E-state index is 12.8. The first-order valence-corrected chi connectivity index (χ1v) is 11.2. The van der Waals surface area contributed by atoms with Crippen molar-refractivity contribution in [1.82, 2.24) is 9.62 Å². The van der Waals surface area contributed by atoms with Crippen molar-refractivity contribution < 1.29 is 13.2 Å². The molecule has 0 spiro atoms. The Labute approximate surface area is 157 Å². The van der Waals surface area contributed by atoms with Gasteiger partial charge >= 0.3 is 0 Å². The van der Waals surface area contributed by atoms with Crippen LogP contribution in [-0.4, -0.2) is 37.8 Å². The Morgan fingerprint density at radius 2 is 1.69 bits per heavy atom. The fourth-order valence-corrected chi connectivity index (χ4v) is 5.91. The molecule has 0 bridgehead atoms. The normalized spacial score (nSPS) is 30.7. The number of hydrogen-bond donors (Lipinski definition) is 1. The van der Waals surface area contributed by atoms with Crippen LogP contribution in [0.2, 0.25) is 0 Å². The summed E-state index contributed by atoms with van der Waals surface area (Å²) >= 11 is 0. The van der Waals surface area contributed by atoms with Gasteiger partial charge in [-0.05, 0) is 49.7 Å². The van der Waals surface area contributed by atoms with Gasteiger partial charge in [0.2, 0.25) is 15.9 Å². The minimum Gasteiger partial charge on any atom is -0.353 e. The summed E-state index contributed by atoms with van der Waals surface area (Å²) in [6.07, 6.45) is 4.99. The first-order chi connectivity index (χ1) is 12.4. The van der Waals surface area contributed by atoms with E-state index in [1.807, 2.05) is 0 Å². The summed E-state index contributed by atoms with van der Waals surface area (Å²) in [4.78, 5) is 13.1. The summed E-state index contributed by atoms with van der Waals surface area (Å²) in [6.45, 7) is 5.16. The monoisotopic (exact) mass is 378 g/mol. The van der Waals surface area contributed by atoms with Gasteiger partial charge in [-0.15, -0.1) is 0 Å². The zero-order valence-electron chi connectivity index (χ0n) is 15.7. The molecule has 1 aliphatic carbocycles. The molecule has 3 rings (SSSR count). The highest BCUT2D eigenvalue weighted by Gasteiger charge is 2.35. The number of nitrogens with zero attached hydrogens (tertiary/aromatic N) is 1. The van der Waals surface area contributed by atoms with E-state index in [2.05, 4.69) is 19.2 Å². The third-order valence-electron chi connectivity index (χ3n) is 5.99. The van der Waals surface area contributed by atoms with Crippen LogP contribution < -0.4 is 5.32 Å². The summed E-state index contributed by atoms with van der Waals surface area (Å²) in [6, 6.07) is 8.70. The van der Waals surface area contributed by atoms with E-state index >= 15 is 0 Å². The van der Waals surface area contributed by atoms with Crippen molar-refractivity contribution in [2.45, 2.75) is 56.9 Å². The maximum atomic E-state index is 12.8. The molecule has 3 atom stereocenters. The van der Waals surface area contributed by atoms with E-state index in [9.17, 15) is 13.2 Å². The van der Waals surface area contributed by atoms with E-state index in [0.29, 0.717) is 23.3 Å². The molecule has 1 saturated carbocycles. The second kappa shape index (κ2) is 8.09. The minimum absolute atomic E-state index is 0.0172. The summed E-state index contributed by atoms with van der Waals surface area (Å²) in [5.41, 5.74) is 0. The Kier molecular flexibility index (Phi) is 6.03. The molecule has 6 heteroatoms. The third-order valence-corrected chi connectivity index (χ3v) is 7.87. The standard InChI is InChI=1S/C20H30N2O3S/c1-15-8-6-9-16(2)19(15)21-20(23)17-10-7-13-22(14-17)26(24,25)18-11-4-3-5-12-18/h3-5,11-12,15-17,19H,6-10,13-14H2,1-2H3,(H,21,23). The predicted octanol–water partition coefficient (Wildman–Crippen LogP) is 3.03. The molecule has 1 aromatic rings. The molecule has 1 aromatic carbocycles. The van der Waals surface area contributed by atoms with Gasteiger partial charge < -0.3 is 5.32 Å². The van der Waals surface area contributed by atoms with E-state index in [1.54, 1.807) is 30.3 Å². The Hall–Kier alpha value is -1.40. The summed E-state index contributed by atoms with van der Waals surface area (Å²) in [7, 11) is -3.53. The molecular formula is C20H30N2O3S. The number of amides is 1. The van der Waals surface area contributed by atoms with Crippen molar-refractivity contribution in [3.8, 4) is 0 Å². The number of hydrogen-bond acceptors (Lipinski definition) is 3. The zero-order chi connectivity index (χ0) is 18.7. The van der Waals surface area contributed by atoms with Crippen molar-refractivity contribution in [3.63, 3.8) is 0 Å². The van der Waals surface area contributed by atoms with Crippen LogP contribution in [0.4, 0.5) is 0 Å². The van der Waals surface area contributed by atoms with Crippen LogP contribution in [0.15, 0.2) is 35.2 Å².